The lowest BCUT2D eigenvalue weighted by molar-refractivity contribution is -0.137. The maximum Gasteiger partial charge on any atom is 0.417 e. The molecule has 2 aromatic rings. The number of alkyl halides is 3. The number of fused-ring (bicyclic) bond motifs is 2. The Morgan fingerprint density at radius 2 is 1.83 bits per heavy atom. The average Bonchev–Trinajstić information content (AvgIpc) is 3.44. The number of aliphatic hydroxyl groups excluding tert-OH is 1. The summed E-state index contributed by atoms with van der Waals surface area (Å²) in [5.41, 5.74) is 3.53. The first kappa shape index (κ1) is 19.5. The van der Waals surface area contributed by atoms with E-state index in [-0.39, 0.29) is 28.1 Å². The number of nitrogens with one attached hydrogen (secondary N) is 1. The summed E-state index contributed by atoms with van der Waals surface area (Å²) in [5.74, 6) is -0.136. The van der Waals surface area contributed by atoms with Crippen molar-refractivity contribution in [1.82, 2.24) is 10.3 Å². The molecule has 0 unspecified atom stereocenters. The van der Waals surface area contributed by atoms with Crippen molar-refractivity contribution in [3.63, 3.8) is 0 Å². The fraction of sp³-hybridized carbons (Fsp3) is 0.200. The van der Waals surface area contributed by atoms with Crippen LogP contribution in [0.4, 0.5) is 18.9 Å². The van der Waals surface area contributed by atoms with Gasteiger partial charge in [-0.3, -0.25) is 5.43 Å². The summed E-state index contributed by atoms with van der Waals surface area (Å²) in [6.45, 7) is 0. The number of aliphatic hydroxyl groups is 1. The van der Waals surface area contributed by atoms with E-state index in [4.69, 9.17) is 11.6 Å². The standard InChI is InChI=1S/C20H15ClF3N3O.H2O/c21-16-8-7-13(9-15(16)20(22,23)24)27-19(28)18-17(25-27)14-4-2-1-3-11(14)10-26(18)12-5-6-12;/h1-4,7-10,12,25,28H,5-6H2;1H2. The lowest BCUT2D eigenvalue weighted by Crippen LogP contribution is -2.41. The predicted octanol–water partition coefficient (Wildman–Crippen LogP) is 2.61. The van der Waals surface area contributed by atoms with E-state index in [0.29, 0.717) is 11.4 Å². The molecule has 0 radical (unpaired) electrons. The third-order valence-corrected chi connectivity index (χ3v) is 5.43. The molecule has 1 saturated carbocycles. The summed E-state index contributed by atoms with van der Waals surface area (Å²) in [4.78, 5) is 2.00. The van der Waals surface area contributed by atoms with Crippen molar-refractivity contribution in [3.05, 3.63) is 75.1 Å². The van der Waals surface area contributed by atoms with E-state index in [1.165, 1.54) is 17.1 Å². The van der Waals surface area contributed by atoms with Gasteiger partial charge in [-0.25, -0.2) is 5.01 Å². The Balaban J connectivity index is 0.00000205. The van der Waals surface area contributed by atoms with Gasteiger partial charge in [-0.1, -0.05) is 35.9 Å². The number of hydrogen-bond donors (Lipinski definition) is 2. The highest BCUT2D eigenvalue weighted by Gasteiger charge is 2.40. The molecule has 5 nitrogen and oxygen atoms in total. The molecule has 1 fully saturated rings. The van der Waals surface area contributed by atoms with Crippen molar-refractivity contribution in [2.24, 2.45) is 0 Å². The minimum Gasteiger partial charge on any atom is -0.492 e. The van der Waals surface area contributed by atoms with Gasteiger partial charge < -0.3 is 15.5 Å². The van der Waals surface area contributed by atoms with Crippen LogP contribution in [-0.4, -0.2) is 21.5 Å². The van der Waals surface area contributed by atoms with Crippen LogP contribution in [-0.2, 0) is 6.18 Å². The second-order valence-electron chi connectivity index (χ2n) is 7.01. The number of halogens is 4. The van der Waals surface area contributed by atoms with Crippen LogP contribution in [0.2, 0.25) is 5.02 Å². The molecule has 2 aliphatic heterocycles. The quantitative estimate of drug-likeness (QED) is 0.779. The maximum atomic E-state index is 13.3. The molecule has 2 heterocycles. The predicted molar refractivity (Wildman–Crippen MR) is 104 cm³/mol. The Morgan fingerprint density at radius 1 is 1.10 bits per heavy atom. The molecular formula is C20H17ClF3N3O2. The monoisotopic (exact) mass is 423 g/mol. The maximum absolute atomic E-state index is 13.3. The van der Waals surface area contributed by atoms with E-state index in [2.05, 4.69) is 5.43 Å². The van der Waals surface area contributed by atoms with Gasteiger partial charge in [0, 0.05) is 22.7 Å². The minimum atomic E-state index is -4.59. The number of rotatable bonds is 2. The van der Waals surface area contributed by atoms with Crippen molar-refractivity contribution in [2.45, 2.75) is 25.1 Å². The first-order valence-corrected chi connectivity index (χ1v) is 9.19. The Kier molecular flexibility index (Phi) is 4.43. The smallest absolute Gasteiger partial charge is 0.417 e. The van der Waals surface area contributed by atoms with Crippen LogP contribution in [0.25, 0.3) is 11.9 Å². The molecule has 5 rings (SSSR count). The van der Waals surface area contributed by atoms with E-state index in [0.717, 1.165) is 29.3 Å². The molecule has 29 heavy (non-hydrogen) atoms. The van der Waals surface area contributed by atoms with Gasteiger partial charge in [-0.05, 0) is 31.0 Å². The van der Waals surface area contributed by atoms with Crippen LogP contribution in [0.5, 0.6) is 0 Å². The topological polar surface area (TPSA) is 70.2 Å². The SMILES string of the molecule is O.OC1=C2C(=c3ccccc3=CN2C2CC2)NN1c1ccc(Cl)c(C(F)(F)F)c1. The van der Waals surface area contributed by atoms with Gasteiger partial charge in [0.15, 0.2) is 0 Å². The van der Waals surface area contributed by atoms with Gasteiger partial charge in [0.05, 0.1) is 22.0 Å². The van der Waals surface area contributed by atoms with Crippen molar-refractivity contribution in [1.29, 1.82) is 0 Å². The van der Waals surface area contributed by atoms with Gasteiger partial charge in [0.2, 0.25) is 5.88 Å². The zero-order chi connectivity index (χ0) is 19.6. The van der Waals surface area contributed by atoms with Gasteiger partial charge >= 0.3 is 6.18 Å². The van der Waals surface area contributed by atoms with Gasteiger partial charge in [0.1, 0.15) is 5.70 Å². The van der Waals surface area contributed by atoms with Crippen LogP contribution in [0, 0.1) is 0 Å². The lowest BCUT2D eigenvalue weighted by atomic mass is 10.1. The van der Waals surface area contributed by atoms with Crippen molar-refractivity contribution < 1.29 is 23.8 Å². The Bertz CT molecular complexity index is 1140. The first-order chi connectivity index (χ1) is 13.3. The van der Waals surface area contributed by atoms with Crippen LogP contribution in [0.1, 0.15) is 18.4 Å². The van der Waals surface area contributed by atoms with E-state index in [9.17, 15) is 18.3 Å². The molecule has 0 saturated heterocycles. The van der Waals surface area contributed by atoms with E-state index >= 15 is 0 Å². The third kappa shape index (κ3) is 3.08. The highest BCUT2D eigenvalue weighted by Crippen LogP contribution is 2.41. The molecular weight excluding hydrogens is 407 g/mol. The van der Waals surface area contributed by atoms with Crippen molar-refractivity contribution >= 4 is 29.2 Å². The zero-order valence-electron chi connectivity index (χ0n) is 15.0. The van der Waals surface area contributed by atoms with E-state index in [1.807, 2.05) is 35.4 Å². The number of hydrazine groups is 1. The fourth-order valence-corrected chi connectivity index (χ4v) is 3.84. The number of anilines is 1. The third-order valence-electron chi connectivity index (χ3n) is 5.10. The summed E-state index contributed by atoms with van der Waals surface area (Å²) in [5, 5.41) is 13.7. The van der Waals surface area contributed by atoms with Gasteiger partial charge in [-0.15, -0.1) is 0 Å². The lowest BCUT2D eigenvalue weighted by Gasteiger charge is -2.24. The highest BCUT2D eigenvalue weighted by atomic mass is 35.5. The molecule has 0 amide bonds. The minimum absolute atomic E-state index is 0. The molecule has 2 aromatic carbocycles. The Morgan fingerprint density at radius 3 is 2.52 bits per heavy atom. The van der Waals surface area contributed by atoms with Crippen LogP contribution < -0.4 is 20.9 Å². The number of nitrogens with zero attached hydrogens (tertiary/aromatic N) is 2. The largest absolute Gasteiger partial charge is 0.492 e. The van der Waals surface area contributed by atoms with E-state index in [1.54, 1.807) is 0 Å². The molecule has 0 spiro atoms. The number of hydrogen-bond acceptors (Lipinski definition) is 4. The van der Waals surface area contributed by atoms with Crippen LogP contribution >= 0.6 is 11.6 Å². The molecule has 0 aromatic heterocycles. The Hall–Kier alpha value is -2.84. The normalized spacial score (nSPS) is 18.0. The first-order valence-electron chi connectivity index (χ1n) is 8.81. The van der Waals surface area contributed by atoms with Gasteiger partial charge in [0.25, 0.3) is 0 Å². The summed E-state index contributed by atoms with van der Waals surface area (Å²) in [6.07, 6.45) is -0.601. The second-order valence-corrected chi connectivity index (χ2v) is 7.42. The number of benzene rings is 2. The molecule has 3 aliphatic rings. The highest BCUT2D eigenvalue weighted by molar-refractivity contribution is 6.31. The summed E-state index contributed by atoms with van der Waals surface area (Å²) in [7, 11) is 0. The van der Waals surface area contributed by atoms with Crippen LogP contribution in [0.3, 0.4) is 0 Å². The molecule has 152 valence electrons. The summed E-state index contributed by atoms with van der Waals surface area (Å²) >= 11 is 5.73. The Labute approximate surface area is 168 Å². The second kappa shape index (κ2) is 6.60. The zero-order valence-corrected chi connectivity index (χ0v) is 15.7. The summed E-state index contributed by atoms with van der Waals surface area (Å²) < 4.78 is 39.8. The van der Waals surface area contributed by atoms with Crippen LogP contribution in [0.15, 0.2) is 54.0 Å². The van der Waals surface area contributed by atoms with Crippen molar-refractivity contribution in [2.75, 3.05) is 5.01 Å². The average molecular weight is 424 g/mol. The molecule has 1 aliphatic carbocycles. The molecule has 0 bridgehead atoms. The van der Waals surface area contributed by atoms with Gasteiger partial charge in [-0.2, -0.15) is 13.2 Å². The molecule has 4 N–H and O–H groups in total. The summed E-state index contributed by atoms with van der Waals surface area (Å²) in [6, 6.07) is 11.5. The van der Waals surface area contributed by atoms with Crippen molar-refractivity contribution in [3.8, 4) is 0 Å². The molecule has 9 heteroatoms. The fourth-order valence-electron chi connectivity index (χ4n) is 3.62. The molecule has 0 atom stereocenters. The van der Waals surface area contributed by atoms with E-state index < -0.39 is 11.7 Å².